The van der Waals surface area contributed by atoms with E-state index in [0.29, 0.717) is 17.4 Å². The molecule has 88 heavy (non-hydrogen) atoms. The number of carbonyl (C=O) groups is 2. The Labute approximate surface area is 544 Å². The number of rotatable bonds is 68. The van der Waals surface area contributed by atoms with Gasteiger partial charge in [0.25, 0.3) is 7.82 Å². The average molecular weight is 1250 g/mol. The minimum atomic E-state index is -4.65. The number of hydrogen-bond acceptors (Lipinski definition) is 8. The Morgan fingerprint density at radius 3 is 0.966 bits per heavy atom. The zero-order chi connectivity index (χ0) is 64.1. The molecule has 0 radical (unpaired) electrons. The summed E-state index contributed by atoms with van der Waals surface area (Å²) in [5.74, 6) is -0.822. The molecule has 2 atom stereocenters. The first-order valence-corrected chi connectivity index (χ1v) is 38.4. The fourth-order valence-corrected chi connectivity index (χ4v) is 11.2. The number of esters is 2. The summed E-state index contributed by atoms with van der Waals surface area (Å²) in [5, 5.41) is 0. The molecule has 9 nitrogen and oxygen atoms in total. The Hall–Kier alpha value is -3.07. The zero-order valence-electron chi connectivity index (χ0n) is 58.2. The van der Waals surface area contributed by atoms with Crippen molar-refractivity contribution in [2.45, 2.75) is 341 Å². The number of allylic oxidation sites excluding steroid dienone is 16. The van der Waals surface area contributed by atoms with E-state index in [1.165, 1.54) is 218 Å². The van der Waals surface area contributed by atoms with Crippen molar-refractivity contribution in [3.05, 3.63) is 97.2 Å². The predicted octanol–water partition coefficient (Wildman–Crippen LogP) is 23.6. The summed E-state index contributed by atoms with van der Waals surface area (Å²) in [6.07, 6.45) is 95.0. The minimum absolute atomic E-state index is 0.0321. The smallest absolute Gasteiger partial charge is 0.306 e. The number of nitrogens with zero attached hydrogens (tertiary/aromatic N) is 1. The van der Waals surface area contributed by atoms with Crippen LogP contribution in [-0.2, 0) is 32.7 Å². The maximum atomic E-state index is 12.9. The second-order valence-corrected chi connectivity index (χ2v) is 27.3. The molecule has 0 aromatic carbocycles. The summed E-state index contributed by atoms with van der Waals surface area (Å²) in [6, 6.07) is 0. The molecule has 0 bridgehead atoms. The van der Waals surface area contributed by atoms with Gasteiger partial charge in [-0.25, -0.2) is 0 Å². The van der Waals surface area contributed by atoms with Crippen molar-refractivity contribution in [2.24, 2.45) is 0 Å². The van der Waals surface area contributed by atoms with Gasteiger partial charge >= 0.3 is 11.9 Å². The molecule has 0 heterocycles. The van der Waals surface area contributed by atoms with Crippen LogP contribution in [0.2, 0.25) is 0 Å². The number of phosphoric ester groups is 1. The Balaban J connectivity index is 4.00. The fraction of sp³-hybridized carbons (Fsp3) is 0.769. The molecule has 2 unspecified atom stereocenters. The van der Waals surface area contributed by atoms with Crippen molar-refractivity contribution >= 4 is 19.8 Å². The van der Waals surface area contributed by atoms with Crippen molar-refractivity contribution in [3.8, 4) is 0 Å². The third-order valence-corrected chi connectivity index (χ3v) is 17.1. The molecule has 0 aliphatic heterocycles. The highest BCUT2D eigenvalue weighted by Crippen LogP contribution is 2.38. The SMILES string of the molecule is CC/C=C\C/C=C\C/C=C\C/C=C\C/C=C\CCCCCCCCCCCCCCCCCCCC(=O)OC(COC(=O)CCCCCCCCCCCCCCCCCC/C=C\C/C=C\C/C=C\CCCCCCC)COP(=O)([O-])OCC[N+](C)(C)C. The highest BCUT2D eigenvalue weighted by molar-refractivity contribution is 7.45. The van der Waals surface area contributed by atoms with Gasteiger partial charge in [-0.05, 0) is 96.3 Å². The Morgan fingerprint density at radius 1 is 0.364 bits per heavy atom. The van der Waals surface area contributed by atoms with Gasteiger partial charge in [-0.1, -0.05) is 323 Å². The van der Waals surface area contributed by atoms with Crippen LogP contribution in [0.1, 0.15) is 335 Å². The molecule has 0 spiro atoms. The molecule has 0 amide bonds. The van der Waals surface area contributed by atoms with Crippen LogP contribution in [0.3, 0.4) is 0 Å². The van der Waals surface area contributed by atoms with Crippen LogP contribution >= 0.6 is 7.82 Å². The third kappa shape index (κ3) is 72.0. The zero-order valence-corrected chi connectivity index (χ0v) is 59.1. The highest BCUT2D eigenvalue weighted by Gasteiger charge is 2.22. The maximum absolute atomic E-state index is 12.9. The van der Waals surface area contributed by atoms with Crippen LogP contribution in [0.4, 0.5) is 0 Å². The standard InChI is InChI=1S/C78H140NO8P/c1-6-8-10-12-14-16-18-20-22-24-26-28-30-32-34-36-38-39-41-43-45-47-49-51-53-55-57-59-61-63-65-67-69-71-78(81)87-76(75-86-88(82,83)85-73-72-79(3,4)5)74-84-77(80)70-68-66-64-62-60-58-56-54-52-50-48-46-44-42-40-37-35-33-31-29-27-25-23-21-19-17-15-13-11-9-7-2/h8,10,14,16,19-22,25-28,31-34,76H,6-7,9,11-13,15,17-18,23-24,29-30,35-75H2,1-5H3/b10-8-,16-14-,21-19-,22-20-,27-25-,28-26-,33-31-,34-32-. The van der Waals surface area contributed by atoms with Gasteiger partial charge in [-0.15, -0.1) is 0 Å². The van der Waals surface area contributed by atoms with Gasteiger partial charge in [-0.3, -0.25) is 14.2 Å². The summed E-state index contributed by atoms with van der Waals surface area (Å²) < 4.78 is 34.4. The van der Waals surface area contributed by atoms with E-state index in [2.05, 4.69) is 111 Å². The first-order valence-electron chi connectivity index (χ1n) is 36.9. The number of quaternary nitrogens is 1. The van der Waals surface area contributed by atoms with Crippen molar-refractivity contribution < 1.29 is 42.1 Å². The lowest BCUT2D eigenvalue weighted by atomic mass is 10.0. The van der Waals surface area contributed by atoms with Gasteiger partial charge in [0, 0.05) is 12.8 Å². The number of unbranched alkanes of at least 4 members (excludes halogenated alkanes) is 38. The molecule has 0 aromatic rings. The number of ether oxygens (including phenoxy) is 2. The van der Waals surface area contributed by atoms with Crippen molar-refractivity contribution in [1.82, 2.24) is 0 Å². The van der Waals surface area contributed by atoms with Gasteiger partial charge < -0.3 is 27.9 Å². The number of carbonyl (C=O) groups excluding carboxylic acids is 2. The minimum Gasteiger partial charge on any atom is -0.756 e. The third-order valence-electron chi connectivity index (χ3n) is 16.1. The van der Waals surface area contributed by atoms with Gasteiger partial charge in [0.05, 0.1) is 27.7 Å². The highest BCUT2D eigenvalue weighted by atomic mass is 31.2. The molecule has 0 fully saturated rings. The molecule has 0 rings (SSSR count). The number of hydrogen-bond donors (Lipinski definition) is 0. The van der Waals surface area contributed by atoms with Gasteiger partial charge in [-0.2, -0.15) is 0 Å². The quantitative estimate of drug-likeness (QED) is 0.0195. The Kier molecular flexibility index (Phi) is 65.9. The summed E-state index contributed by atoms with van der Waals surface area (Å²) in [7, 11) is 1.17. The van der Waals surface area contributed by atoms with Crippen molar-refractivity contribution in [1.29, 1.82) is 0 Å². The van der Waals surface area contributed by atoms with E-state index in [9.17, 15) is 19.0 Å². The first kappa shape index (κ1) is 84.9. The molecule has 0 N–H and O–H groups in total. The Bertz CT molecular complexity index is 1810. The van der Waals surface area contributed by atoms with Crippen LogP contribution in [0, 0.1) is 0 Å². The number of likely N-dealkylation sites (N-methyl/N-ethyl adjacent to an activating group) is 1. The summed E-state index contributed by atoms with van der Waals surface area (Å²) in [5.41, 5.74) is 0. The molecule has 0 aliphatic carbocycles. The summed E-state index contributed by atoms with van der Waals surface area (Å²) in [4.78, 5) is 38.1. The first-order chi connectivity index (χ1) is 43.0. The fourth-order valence-electron chi connectivity index (χ4n) is 10.5. The summed E-state index contributed by atoms with van der Waals surface area (Å²) >= 11 is 0. The maximum Gasteiger partial charge on any atom is 0.306 e. The van der Waals surface area contributed by atoms with E-state index in [1.807, 2.05) is 21.1 Å². The monoisotopic (exact) mass is 1250 g/mol. The largest absolute Gasteiger partial charge is 0.756 e. The Morgan fingerprint density at radius 2 is 0.648 bits per heavy atom. The van der Waals surface area contributed by atoms with Crippen LogP contribution in [-0.4, -0.2) is 70.0 Å². The van der Waals surface area contributed by atoms with Gasteiger partial charge in [0.15, 0.2) is 6.10 Å². The van der Waals surface area contributed by atoms with Crippen LogP contribution in [0.15, 0.2) is 97.2 Å². The lowest BCUT2D eigenvalue weighted by Gasteiger charge is -2.28. The lowest BCUT2D eigenvalue weighted by Crippen LogP contribution is -2.37. The van der Waals surface area contributed by atoms with Crippen molar-refractivity contribution in [3.63, 3.8) is 0 Å². The van der Waals surface area contributed by atoms with E-state index < -0.39 is 26.5 Å². The van der Waals surface area contributed by atoms with E-state index in [-0.39, 0.29) is 32.0 Å². The van der Waals surface area contributed by atoms with E-state index in [1.54, 1.807) is 0 Å². The van der Waals surface area contributed by atoms with Gasteiger partial charge in [0.1, 0.15) is 19.8 Å². The van der Waals surface area contributed by atoms with Crippen LogP contribution in [0.5, 0.6) is 0 Å². The van der Waals surface area contributed by atoms with E-state index in [0.717, 1.165) is 83.5 Å². The molecule has 0 saturated heterocycles. The van der Waals surface area contributed by atoms with E-state index in [4.69, 9.17) is 18.5 Å². The lowest BCUT2D eigenvalue weighted by molar-refractivity contribution is -0.870. The molecule has 510 valence electrons. The topological polar surface area (TPSA) is 111 Å². The van der Waals surface area contributed by atoms with Gasteiger partial charge in [0.2, 0.25) is 0 Å². The second-order valence-electron chi connectivity index (χ2n) is 25.9. The molecular weight excluding hydrogens is 1110 g/mol. The van der Waals surface area contributed by atoms with Crippen LogP contribution < -0.4 is 4.89 Å². The van der Waals surface area contributed by atoms with Crippen molar-refractivity contribution in [2.75, 3.05) is 47.5 Å². The molecule has 10 heteroatoms. The molecule has 0 aromatic heterocycles. The van der Waals surface area contributed by atoms with Crippen LogP contribution in [0.25, 0.3) is 0 Å². The normalized spacial score (nSPS) is 13.7. The predicted molar refractivity (Wildman–Crippen MR) is 379 cm³/mol. The average Bonchev–Trinajstić information content (AvgIpc) is 3.56. The summed E-state index contributed by atoms with van der Waals surface area (Å²) in [6.45, 7) is 4.15. The van der Waals surface area contributed by atoms with E-state index >= 15 is 0 Å². The molecule has 0 aliphatic rings. The number of phosphoric acid groups is 1. The molecule has 0 saturated carbocycles. The second kappa shape index (κ2) is 68.3. The molecular formula is C78H140NO8P.